The molecule has 1 fully saturated rings. The number of ketones is 1. The summed E-state index contributed by atoms with van der Waals surface area (Å²) in [6.45, 7) is 3.22. The molecule has 11 nitrogen and oxygen atoms in total. The molecule has 2 aromatic rings. The highest BCUT2D eigenvalue weighted by Gasteiger charge is 2.57. The van der Waals surface area contributed by atoms with Crippen LogP contribution in [0.4, 0.5) is 0 Å². The number of Topliss-reactive ketones (excluding diaryl/α,β-unsaturated/α-hetero) is 1. The van der Waals surface area contributed by atoms with Gasteiger partial charge in [-0.05, 0) is 18.5 Å². The molecule has 0 N–H and O–H groups in total. The summed E-state index contributed by atoms with van der Waals surface area (Å²) in [6, 6.07) is 0. The van der Waals surface area contributed by atoms with Crippen molar-refractivity contribution in [3.63, 3.8) is 0 Å². The Morgan fingerprint density at radius 1 is 1.21 bits per heavy atom. The Bertz CT molecular complexity index is 964. The normalized spacial score (nSPS) is 20.6. The number of halogens is 2. The van der Waals surface area contributed by atoms with Gasteiger partial charge in [0, 0.05) is 13.8 Å². The number of esters is 2. The van der Waals surface area contributed by atoms with Crippen molar-refractivity contribution in [3.05, 3.63) is 16.8 Å². The molecule has 156 valence electrons. The first-order chi connectivity index (χ1) is 13.6. The van der Waals surface area contributed by atoms with Crippen molar-refractivity contribution in [2.24, 2.45) is 0 Å². The van der Waals surface area contributed by atoms with Crippen molar-refractivity contribution >= 4 is 52.1 Å². The summed E-state index contributed by atoms with van der Waals surface area (Å²) in [5, 5.41) is -0.0785. The van der Waals surface area contributed by atoms with Gasteiger partial charge in [0.25, 0.3) is 0 Å². The van der Waals surface area contributed by atoms with Crippen molar-refractivity contribution < 1.29 is 33.3 Å². The predicted molar refractivity (Wildman–Crippen MR) is 96.8 cm³/mol. The Morgan fingerprint density at radius 3 is 2.45 bits per heavy atom. The monoisotopic (exact) mass is 446 g/mol. The van der Waals surface area contributed by atoms with E-state index in [-0.39, 0.29) is 40.4 Å². The SMILES string of the molecule is CC(=O)COC1OC(n2cnc3c(Cl)nc(Cl)nc32)CC1(OC(C)=O)OC(C)=O. The number of hydrogen-bond donors (Lipinski definition) is 0. The fourth-order valence-electron chi connectivity index (χ4n) is 2.91. The molecular formula is C16H16Cl2N4O7. The van der Waals surface area contributed by atoms with Crippen LogP contribution in [0.25, 0.3) is 11.2 Å². The average Bonchev–Trinajstić information content (AvgIpc) is 3.13. The van der Waals surface area contributed by atoms with Crippen molar-refractivity contribution in [1.29, 1.82) is 0 Å². The third-order valence-corrected chi connectivity index (χ3v) is 4.26. The summed E-state index contributed by atoms with van der Waals surface area (Å²) >= 11 is 11.9. The Hall–Kier alpha value is -2.34. The quantitative estimate of drug-likeness (QED) is 0.280. The molecule has 2 aromatic heterocycles. The highest BCUT2D eigenvalue weighted by molar-refractivity contribution is 6.35. The maximum Gasteiger partial charge on any atom is 0.312 e. The molecule has 3 heterocycles. The largest absolute Gasteiger partial charge is 0.417 e. The summed E-state index contributed by atoms with van der Waals surface area (Å²) in [5.41, 5.74) is 0.505. The smallest absolute Gasteiger partial charge is 0.312 e. The number of carbonyl (C=O) groups is 3. The molecule has 1 aliphatic heterocycles. The van der Waals surface area contributed by atoms with E-state index in [0.29, 0.717) is 0 Å². The highest BCUT2D eigenvalue weighted by atomic mass is 35.5. The van der Waals surface area contributed by atoms with E-state index in [9.17, 15) is 14.4 Å². The number of rotatable bonds is 6. The second kappa shape index (κ2) is 8.19. The lowest BCUT2D eigenvalue weighted by atomic mass is 10.2. The molecule has 29 heavy (non-hydrogen) atoms. The summed E-state index contributed by atoms with van der Waals surface area (Å²) in [7, 11) is 0. The van der Waals surface area contributed by atoms with Crippen LogP contribution in [0.2, 0.25) is 10.4 Å². The lowest BCUT2D eigenvalue weighted by Crippen LogP contribution is -2.48. The van der Waals surface area contributed by atoms with Gasteiger partial charge >= 0.3 is 17.7 Å². The lowest BCUT2D eigenvalue weighted by Gasteiger charge is -2.31. The van der Waals surface area contributed by atoms with Gasteiger partial charge in [0.2, 0.25) is 11.6 Å². The van der Waals surface area contributed by atoms with Gasteiger partial charge in [-0.25, -0.2) is 9.97 Å². The molecule has 1 aliphatic rings. The average molecular weight is 447 g/mol. The van der Waals surface area contributed by atoms with E-state index in [4.69, 9.17) is 42.1 Å². The molecule has 3 rings (SSSR count). The zero-order chi connectivity index (χ0) is 21.3. The molecule has 13 heteroatoms. The van der Waals surface area contributed by atoms with E-state index < -0.39 is 30.2 Å². The molecular weight excluding hydrogens is 431 g/mol. The summed E-state index contributed by atoms with van der Waals surface area (Å²) in [5.74, 6) is -3.71. The standard InChI is InChI=1S/C16H16Cl2N4O7/c1-7(23)5-26-14-16(28-8(2)24,29-9(3)25)4-10(27-14)22-6-19-11-12(17)20-15(18)21-13(11)22/h6,10,14H,4-5H2,1-3H3. The van der Waals surface area contributed by atoms with Crippen LogP contribution in [0.3, 0.4) is 0 Å². The van der Waals surface area contributed by atoms with E-state index >= 15 is 0 Å². The number of hydrogen-bond acceptors (Lipinski definition) is 10. The summed E-state index contributed by atoms with van der Waals surface area (Å²) < 4.78 is 23.2. The first-order valence-corrected chi connectivity index (χ1v) is 9.08. The second-order valence-corrected chi connectivity index (χ2v) is 6.94. The molecule has 0 spiro atoms. The van der Waals surface area contributed by atoms with Crippen LogP contribution in [0.15, 0.2) is 6.33 Å². The van der Waals surface area contributed by atoms with Crippen LogP contribution in [-0.2, 0) is 33.3 Å². The van der Waals surface area contributed by atoms with Gasteiger partial charge in [0.1, 0.15) is 18.4 Å². The molecule has 0 radical (unpaired) electrons. The van der Waals surface area contributed by atoms with Gasteiger partial charge in [-0.1, -0.05) is 11.6 Å². The van der Waals surface area contributed by atoms with Crippen molar-refractivity contribution in [1.82, 2.24) is 19.5 Å². The van der Waals surface area contributed by atoms with E-state index in [1.807, 2.05) is 0 Å². The highest BCUT2D eigenvalue weighted by Crippen LogP contribution is 2.42. The molecule has 0 bridgehead atoms. The summed E-state index contributed by atoms with van der Waals surface area (Å²) in [6.07, 6.45) is -1.09. The van der Waals surface area contributed by atoms with Gasteiger partial charge in [-0.15, -0.1) is 0 Å². The number of aromatic nitrogens is 4. The number of carbonyl (C=O) groups excluding carboxylic acids is 3. The molecule has 0 amide bonds. The van der Waals surface area contributed by atoms with Crippen molar-refractivity contribution in [3.8, 4) is 0 Å². The zero-order valence-electron chi connectivity index (χ0n) is 15.5. The van der Waals surface area contributed by atoms with E-state index in [1.165, 1.54) is 17.8 Å². The van der Waals surface area contributed by atoms with Gasteiger partial charge < -0.3 is 18.9 Å². The third kappa shape index (κ3) is 4.47. The Kier molecular flexibility index (Phi) is 6.03. The van der Waals surface area contributed by atoms with Crippen LogP contribution in [0.5, 0.6) is 0 Å². The lowest BCUT2D eigenvalue weighted by molar-refractivity contribution is -0.293. The molecule has 2 unspecified atom stereocenters. The molecule has 0 aromatic carbocycles. The molecule has 2 atom stereocenters. The minimum absolute atomic E-state index is 0.0346. The summed E-state index contributed by atoms with van der Waals surface area (Å²) in [4.78, 5) is 46.8. The van der Waals surface area contributed by atoms with Crippen LogP contribution < -0.4 is 0 Å². The molecule has 0 saturated carbocycles. The van der Waals surface area contributed by atoms with Crippen LogP contribution in [0, 0.1) is 0 Å². The van der Waals surface area contributed by atoms with E-state index in [1.54, 1.807) is 0 Å². The maximum absolute atomic E-state index is 11.7. The first-order valence-electron chi connectivity index (χ1n) is 8.32. The second-order valence-electron chi connectivity index (χ2n) is 6.25. The van der Waals surface area contributed by atoms with Gasteiger partial charge in [-0.3, -0.25) is 19.0 Å². The van der Waals surface area contributed by atoms with Crippen LogP contribution in [-0.4, -0.2) is 55.9 Å². The fourth-order valence-corrected chi connectivity index (χ4v) is 3.33. The molecule has 1 saturated heterocycles. The van der Waals surface area contributed by atoms with E-state index in [0.717, 1.165) is 13.8 Å². The number of ether oxygens (including phenoxy) is 4. The van der Waals surface area contributed by atoms with E-state index in [2.05, 4.69) is 15.0 Å². The Balaban J connectivity index is 2.02. The van der Waals surface area contributed by atoms with Crippen molar-refractivity contribution in [2.45, 2.75) is 45.5 Å². The van der Waals surface area contributed by atoms with Gasteiger partial charge in [-0.2, -0.15) is 4.98 Å². The number of fused-ring (bicyclic) bond motifs is 1. The fraction of sp³-hybridized carbons (Fsp3) is 0.500. The maximum atomic E-state index is 11.7. The number of nitrogens with zero attached hydrogens (tertiary/aromatic N) is 4. The van der Waals surface area contributed by atoms with Crippen molar-refractivity contribution in [2.75, 3.05) is 6.61 Å². The Morgan fingerprint density at radius 2 is 1.86 bits per heavy atom. The van der Waals surface area contributed by atoms with Crippen LogP contribution >= 0.6 is 23.2 Å². The Labute approximate surface area is 174 Å². The first kappa shape index (κ1) is 21.4. The topological polar surface area (TPSA) is 132 Å². The predicted octanol–water partition coefficient (Wildman–Crippen LogP) is 1.81. The minimum Gasteiger partial charge on any atom is -0.417 e. The zero-order valence-corrected chi connectivity index (χ0v) is 17.1. The minimum atomic E-state index is -1.92. The van der Waals surface area contributed by atoms with Gasteiger partial charge in [0.05, 0.1) is 12.7 Å². The third-order valence-electron chi connectivity index (χ3n) is 3.83. The number of imidazole rings is 1. The van der Waals surface area contributed by atoms with Crippen LogP contribution in [0.1, 0.15) is 33.4 Å². The molecule has 0 aliphatic carbocycles. The van der Waals surface area contributed by atoms with Gasteiger partial charge in [0.15, 0.2) is 16.6 Å².